The molecule has 0 saturated heterocycles. The van der Waals surface area contributed by atoms with Crippen molar-refractivity contribution in [3.05, 3.63) is 0 Å². The predicted molar refractivity (Wildman–Crippen MR) is 76.0 cm³/mol. The zero-order chi connectivity index (χ0) is 13.5. The summed E-state index contributed by atoms with van der Waals surface area (Å²) in [5.41, 5.74) is 0. The van der Waals surface area contributed by atoms with E-state index in [0.717, 1.165) is 44.9 Å². The summed E-state index contributed by atoms with van der Waals surface area (Å²) in [6, 6.07) is 0.746. The fourth-order valence-electron chi connectivity index (χ4n) is 3.44. The van der Waals surface area contributed by atoms with Gasteiger partial charge in [-0.05, 0) is 50.9 Å². The highest BCUT2D eigenvalue weighted by atomic mass is 16.3. The van der Waals surface area contributed by atoms with Crippen LogP contribution in [0.4, 0.5) is 4.79 Å². The number of carbonyl (C=O) groups is 1. The van der Waals surface area contributed by atoms with Crippen molar-refractivity contribution in [3.63, 3.8) is 0 Å². The molecule has 2 fully saturated rings. The van der Waals surface area contributed by atoms with Crippen LogP contribution in [0.15, 0.2) is 0 Å². The minimum atomic E-state index is 0.0255. The van der Waals surface area contributed by atoms with Gasteiger partial charge in [0.25, 0.3) is 0 Å². The summed E-state index contributed by atoms with van der Waals surface area (Å²) in [4.78, 5) is 11.9. The van der Waals surface area contributed by atoms with E-state index in [0.29, 0.717) is 24.6 Å². The Bertz CT molecular complexity index is 269. The van der Waals surface area contributed by atoms with E-state index in [1.807, 2.05) is 0 Å². The van der Waals surface area contributed by atoms with Gasteiger partial charge in [-0.15, -0.1) is 0 Å². The minimum absolute atomic E-state index is 0.0255. The molecule has 2 aliphatic carbocycles. The summed E-state index contributed by atoms with van der Waals surface area (Å²) in [6.45, 7) is 0.297. The maximum Gasteiger partial charge on any atom is 0.315 e. The van der Waals surface area contributed by atoms with Crippen molar-refractivity contribution in [2.45, 2.75) is 76.3 Å². The van der Waals surface area contributed by atoms with E-state index >= 15 is 0 Å². The monoisotopic (exact) mass is 268 g/mol. The van der Waals surface area contributed by atoms with Crippen molar-refractivity contribution < 1.29 is 9.90 Å². The maximum absolute atomic E-state index is 11.9. The Morgan fingerprint density at radius 3 is 2.05 bits per heavy atom. The number of hydrogen-bond donors (Lipinski definition) is 3. The first-order valence-corrected chi connectivity index (χ1v) is 7.96. The highest BCUT2D eigenvalue weighted by Crippen LogP contribution is 2.26. The molecular weight excluding hydrogens is 240 g/mol. The molecule has 2 aliphatic rings. The number of aliphatic hydroxyl groups is 1. The van der Waals surface area contributed by atoms with E-state index in [-0.39, 0.29) is 6.03 Å². The lowest BCUT2D eigenvalue weighted by Crippen LogP contribution is -2.47. The maximum atomic E-state index is 11.9. The van der Waals surface area contributed by atoms with Gasteiger partial charge in [0.05, 0.1) is 0 Å². The Hall–Kier alpha value is -0.770. The fraction of sp³-hybridized carbons (Fsp3) is 0.933. The second-order valence-corrected chi connectivity index (χ2v) is 6.18. The number of urea groups is 1. The van der Waals surface area contributed by atoms with Crippen molar-refractivity contribution in [2.75, 3.05) is 6.61 Å². The van der Waals surface area contributed by atoms with Gasteiger partial charge in [0, 0.05) is 18.7 Å². The van der Waals surface area contributed by atoms with E-state index in [2.05, 4.69) is 10.6 Å². The van der Waals surface area contributed by atoms with Gasteiger partial charge in [-0.2, -0.15) is 0 Å². The van der Waals surface area contributed by atoms with Crippen LogP contribution >= 0.6 is 0 Å². The molecule has 0 aromatic rings. The SMILES string of the molecule is O=C(NC1CCCCC1)NC1CCC(CCO)CC1. The van der Waals surface area contributed by atoms with E-state index in [9.17, 15) is 4.79 Å². The Morgan fingerprint density at radius 2 is 1.47 bits per heavy atom. The Kier molecular flexibility index (Phi) is 5.95. The lowest BCUT2D eigenvalue weighted by Gasteiger charge is -2.30. The van der Waals surface area contributed by atoms with Crippen LogP contribution in [0.25, 0.3) is 0 Å². The topological polar surface area (TPSA) is 61.4 Å². The molecule has 0 bridgehead atoms. The zero-order valence-corrected chi connectivity index (χ0v) is 11.9. The molecule has 4 heteroatoms. The lowest BCUT2D eigenvalue weighted by molar-refractivity contribution is 0.203. The van der Waals surface area contributed by atoms with Crippen molar-refractivity contribution in [1.82, 2.24) is 10.6 Å². The second-order valence-electron chi connectivity index (χ2n) is 6.18. The first-order chi connectivity index (χ1) is 9.28. The summed E-state index contributed by atoms with van der Waals surface area (Å²) in [5, 5.41) is 15.2. The molecule has 0 heterocycles. The van der Waals surface area contributed by atoms with Crippen LogP contribution in [-0.2, 0) is 0 Å². The van der Waals surface area contributed by atoms with Crippen LogP contribution in [-0.4, -0.2) is 29.8 Å². The molecular formula is C15H28N2O2. The van der Waals surface area contributed by atoms with E-state index in [1.165, 1.54) is 19.3 Å². The van der Waals surface area contributed by atoms with Crippen LogP contribution in [0.1, 0.15) is 64.2 Å². The van der Waals surface area contributed by atoms with Gasteiger partial charge < -0.3 is 15.7 Å². The molecule has 19 heavy (non-hydrogen) atoms. The van der Waals surface area contributed by atoms with Gasteiger partial charge in [-0.1, -0.05) is 19.3 Å². The normalized spacial score (nSPS) is 28.9. The summed E-state index contributed by atoms with van der Waals surface area (Å²) < 4.78 is 0. The van der Waals surface area contributed by atoms with E-state index < -0.39 is 0 Å². The standard InChI is InChI=1S/C15H28N2O2/c18-11-10-12-6-8-14(9-7-12)17-15(19)16-13-4-2-1-3-5-13/h12-14,18H,1-11H2,(H2,16,17,19). The first kappa shape index (κ1) is 14.6. The third kappa shape index (κ3) is 5.01. The van der Waals surface area contributed by atoms with Crippen LogP contribution in [0.5, 0.6) is 0 Å². The minimum Gasteiger partial charge on any atom is -0.396 e. The third-order valence-electron chi connectivity index (χ3n) is 4.66. The average molecular weight is 268 g/mol. The third-order valence-corrected chi connectivity index (χ3v) is 4.66. The molecule has 0 aliphatic heterocycles. The average Bonchev–Trinajstić information content (AvgIpc) is 2.42. The molecule has 0 atom stereocenters. The Balaban J connectivity index is 1.63. The molecule has 3 N–H and O–H groups in total. The highest BCUT2D eigenvalue weighted by Gasteiger charge is 2.23. The lowest BCUT2D eigenvalue weighted by atomic mass is 9.84. The number of aliphatic hydroxyl groups excluding tert-OH is 1. The number of amides is 2. The van der Waals surface area contributed by atoms with Crippen LogP contribution < -0.4 is 10.6 Å². The number of rotatable bonds is 4. The van der Waals surface area contributed by atoms with Crippen LogP contribution in [0, 0.1) is 5.92 Å². The van der Waals surface area contributed by atoms with Gasteiger partial charge >= 0.3 is 6.03 Å². The highest BCUT2D eigenvalue weighted by molar-refractivity contribution is 5.74. The molecule has 2 rings (SSSR count). The molecule has 0 aromatic carbocycles. The van der Waals surface area contributed by atoms with Crippen molar-refractivity contribution in [2.24, 2.45) is 5.92 Å². The number of carbonyl (C=O) groups excluding carboxylic acids is 1. The molecule has 0 unspecified atom stereocenters. The van der Waals surface area contributed by atoms with Crippen molar-refractivity contribution in [3.8, 4) is 0 Å². The van der Waals surface area contributed by atoms with Gasteiger partial charge in [-0.25, -0.2) is 4.79 Å². The smallest absolute Gasteiger partial charge is 0.315 e. The summed E-state index contributed by atoms with van der Waals surface area (Å²) >= 11 is 0. The predicted octanol–water partition coefficient (Wildman–Crippen LogP) is 2.56. The number of hydrogen-bond acceptors (Lipinski definition) is 2. The fourth-order valence-corrected chi connectivity index (χ4v) is 3.44. The van der Waals surface area contributed by atoms with Crippen LogP contribution in [0.3, 0.4) is 0 Å². The first-order valence-electron chi connectivity index (χ1n) is 7.96. The van der Waals surface area contributed by atoms with Gasteiger partial charge in [0.2, 0.25) is 0 Å². The van der Waals surface area contributed by atoms with Gasteiger partial charge in [0.1, 0.15) is 0 Å². The quantitative estimate of drug-likeness (QED) is 0.734. The molecule has 110 valence electrons. The largest absolute Gasteiger partial charge is 0.396 e. The molecule has 4 nitrogen and oxygen atoms in total. The Morgan fingerprint density at radius 1 is 0.895 bits per heavy atom. The summed E-state index contributed by atoms with van der Waals surface area (Å²) in [7, 11) is 0. The van der Waals surface area contributed by atoms with Crippen molar-refractivity contribution >= 4 is 6.03 Å². The summed E-state index contributed by atoms with van der Waals surface area (Å²) in [6.07, 6.45) is 11.4. The van der Waals surface area contributed by atoms with E-state index in [1.54, 1.807) is 0 Å². The zero-order valence-electron chi connectivity index (χ0n) is 11.9. The molecule has 2 saturated carbocycles. The van der Waals surface area contributed by atoms with Gasteiger partial charge in [0.15, 0.2) is 0 Å². The molecule has 0 radical (unpaired) electrons. The van der Waals surface area contributed by atoms with Crippen LogP contribution in [0.2, 0.25) is 0 Å². The van der Waals surface area contributed by atoms with E-state index in [4.69, 9.17) is 5.11 Å². The summed E-state index contributed by atoms with van der Waals surface area (Å²) in [5.74, 6) is 0.657. The second kappa shape index (κ2) is 7.73. The number of nitrogens with one attached hydrogen (secondary N) is 2. The van der Waals surface area contributed by atoms with Crippen molar-refractivity contribution in [1.29, 1.82) is 0 Å². The molecule has 0 spiro atoms. The Labute approximate surface area is 116 Å². The molecule has 2 amide bonds. The molecule has 0 aromatic heterocycles. The van der Waals surface area contributed by atoms with Gasteiger partial charge in [-0.3, -0.25) is 0 Å².